The molecule has 0 amide bonds. The Labute approximate surface area is 173 Å². The lowest BCUT2D eigenvalue weighted by Gasteiger charge is -2.24. The van der Waals surface area contributed by atoms with Crippen LogP contribution in [-0.2, 0) is 9.53 Å². The summed E-state index contributed by atoms with van der Waals surface area (Å²) in [6.07, 6.45) is 3.40. The molecule has 3 heterocycles. The molecule has 0 N–H and O–H groups in total. The second kappa shape index (κ2) is 7.11. The molecule has 0 aliphatic carbocycles. The standard InChI is InChI=1S/C19H12BrCl2N3O2/c1-10-5-12(21)7-13-16(9-26)27-19(24-17(10)13)15-6-11(20)8-25(15)18-14(22)3-2-4-23-18/h2-9,16H,1H3. The minimum Gasteiger partial charge on any atom is -0.460 e. The maximum absolute atomic E-state index is 11.7. The van der Waals surface area contributed by atoms with Crippen molar-refractivity contribution in [1.82, 2.24) is 9.55 Å². The van der Waals surface area contributed by atoms with E-state index in [0.717, 1.165) is 16.3 Å². The van der Waals surface area contributed by atoms with Gasteiger partial charge in [0.05, 0.1) is 10.7 Å². The zero-order chi connectivity index (χ0) is 19.1. The van der Waals surface area contributed by atoms with E-state index in [4.69, 9.17) is 27.9 Å². The Morgan fingerprint density at radius 1 is 1.30 bits per heavy atom. The summed E-state index contributed by atoms with van der Waals surface area (Å²) in [6, 6.07) is 8.85. The molecular formula is C19H12BrCl2N3O2. The van der Waals surface area contributed by atoms with Crippen molar-refractivity contribution in [1.29, 1.82) is 0 Å². The number of nitrogens with zero attached hydrogens (tertiary/aromatic N) is 3. The maximum Gasteiger partial charge on any atom is 0.240 e. The second-order valence-corrected chi connectivity index (χ2v) is 7.73. The van der Waals surface area contributed by atoms with Crippen LogP contribution in [0.15, 0.2) is 52.2 Å². The number of aryl methyl sites for hydroxylation is 1. The molecule has 0 bridgehead atoms. The molecule has 8 heteroatoms. The number of aromatic nitrogens is 2. The van der Waals surface area contributed by atoms with E-state index in [0.29, 0.717) is 38.7 Å². The predicted octanol–water partition coefficient (Wildman–Crippen LogP) is 5.60. The van der Waals surface area contributed by atoms with E-state index < -0.39 is 6.10 Å². The fourth-order valence-corrected chi connectivity index (χ4v) is 3.90. The van der Waals surface area contributed by atoms with E-state index in [-0.39, 0.29) is 0 Å². The molecule has 5 nitrogen and oxygen atoms in total. The first-order valence-corrected chi connectivity index (χ1v) is 9.52. The third kappa shape index (κ3) is 3.29. The van der Waals surface area contributed by atoms with Gasteiger partial charge in [-0.1, -0.05) is 23.2 Å². The highest BCUT2D eigenvalue weighted by molar-refractivity contribution is 9.10. The summed E-state index contributed by atoms with van der Waals surface area (Å²) in [5.41, 5.74) is 2.80. The van der Waals surface area contributed by atoms with Gasteiger partial charge in [0.1, 0.15) is 5.69 Å². The van der Waals surface area contributed by atoms with Gasteiger partial charge in [-0.25, -0.2) is 9.98 Å². The first-order valence-electron chi connectivity index (χ1n) is 7.97. The summed E-state index contributed by atoms with van der Waals surface area (Å²) in [5.74, 6) is 0.838. The van der Waals surface area contributed by atoms with Crippen molar-refractivity contribution >= 4 is 57.0 Å². The lowest BCUT2D eigenvalue weighted by atomic mass is 10.0. The Balaban J connectivity index is 1.91. The number of benzene rings is 1. The molecule has 0 fully saturated rings. The van der Waals surface area contributed by atoms with Gasteiger partial charge in [0.25, 0.3) is 0 Å². The number of pyridine rings is 1. The van der Waals surface area contributed by atoms with Gasteiger partial charge in [-0.3, -0.25) is 9.36 Å². The Hall–Kier alpha value is -2.15. The lowest BCUT2D eigenvalue weighted by molar-refractivity contribution is -0.114. The lowest BCUT2D eigenvalue weighted by Crippen LogP contribution is -2.21. The molecule has 0 saturated carbocycles. The normalized spacial score (nSPS) is 15.7. The zero-order valence-corrected chi connectivity index (χ0v) is 17.1. The van der Waals surface area contributed by atoms with Crippen LogP contribution in [-0.4, -0.2) is 21.7 Å². The third-order valence-corrected chi connectivity index (χ3v) is 5.10. The number of aldehydes is 1. The SMILES string of the molecule is Cc1cc(Cl)cc2c1N=C(c1cc(Br)cn1-c1ncccc1Cl)OC2C=O. The van der Waals surface area contributed by atoms with Crippen molar-refractivity contribution in [2.24, 2.45) is 4.99 Å². The molecule has 27 heavy (non-hydrogen) atoms. The number of carbonyl (C=O) groups excluding carboxylic acids is 1. The van der Waals surface area contributed by atoms with Gasteiger partial charge in [0.15, 0.2) is 18.2 Å². The molecule has 1 aromatic carbocycles. The quantitative estimate of drug-likeness (QED) is 0.474. The van der Waals surface area contributed by atoms with Crippen molar-refractivity contribution in [3.8, 4) is 5.82 Å². The van der Waals surface area contributed by atoms with Crippen LogP contribution in [0.25, 0.3) is 5.82 Å². The molecule has 0 radical (unpaired) electrons. The highest BCUT2D eigenvalue weighted by Gasteiger charge is 2.28. The molecule has 4 rings (SSSR count). The second-order valence-electron chi connectivity index (χ2n) is 5.97. The number of carbonyl (C=O) groups is 1. The van der Waals surface area contributed by atoms with E-state index in [1.54, 1.807) is 35.0 Å². The minimum absolute atomic E-state index is 0.303. The fraction of sp³-hybridized carbons (Fsp3) is 0.105. The van der Waals surface area contributed by atoms with E-state index in [9.17, 15) is 4.79 Å². The molecule has 2 aromatic heterocycles. The fourth-order valence-electron chi connectivity index (χ4n) is 2.99. The minimum atomic E-state index is -0.800. The van der Waals surface area contributed by atoms with E-state index in [1.165, 1.54) is 0 Å². The van der Waals surface area contributed by atoms with E-state index >= 15 is 0 Å². The smallest absolute Gasteiger partial charge is 0.240 e. The zero-order valence-electron chi connectivity index (χ0n) is 14.0. The molecule has 136 valence electrons. The highest BCUT2D eigenvalue weighted by Crippen LogP contribution is 2.38. The molecular weight excluding hydrogens is 453 g/mol. The van der Waals surface area contributed by atoms with Gasteiger partial charge in [-0.2, -0.15) is 0 Å². The van der Waals surface area contributed by atoms with Crippen LogP contribution in [0.5, 0.6) is 0 Å². The van der Waals surface area contributed by atoms with E-state index in [1.807, 2.05) is 19.2 Å². The molecule has 1 aliphatic heterocycles. The number of rotatable bonds is 3. The Kier molecular flexibility index (Phi) is 4.80. The van der Waals surface area contributed by atoms with Crippen LogP contribution >= 0.6 is 39.1 Å². The van der Waals surface area contributed by atoms with Crippen molar-refractivity contribution in [3.05, 3.63) is 74.1 Å². The van der Waals surface area contributed by atoms with Crippen LogP contribution in [0.2, 0.25) is 10.0 Å². The summed E-state index contributed by atoms with van der Waals surface area (Å²) >= 11 is 15.9. The van der Waals surface area contributed by atoms with Crippen LogP contribution in [0.1, 0.15) is 22.9 Å². The summed E-state index contributed by atoms with van der Waals surface area (Å²) in [4.78, 5) is 20.7. The first kappa shape index (κ1) is 18.2. The van der Waals surface area contributed by atoms with Gasteiger partial charge in [0.2, 0.25) is 5.90 Å². The van der Waals surface area contributed by atoms with Crippen LogP contribution in [0.3, 0.4) is 0 Å². The molecule has 1 aliphatic rings. The topological polar surface area (TPSA) is 56.5 Å². The summed E-state index contributed by atoms with van der Waals surface area (Å²) in [7, 11) is 0. The predicted molar refractivity (Wildman–Crippen MR) is 109 cm³/mol. The largest absolute Gasteiger partial charge is 0.460 e. The Bertz CT molecular complexity index is 1090. The summed E-state index contributed by atoms with van der Waals surface area (Å²) in [5, 5.41) is 1.01. The molecule has 0 spiro atoms. The first-order chi connectivity index (χ1) is 13.0. The van der Waals surface area contributed by atoms with Gasteiger partial charge < -0.3 is 4.74 Å². The van der Waals surface area contributed by atoms with Crippen LogP contribution in [0, 0.1) is 6.92 Å². The summed E-state index contributed by atoms with van der Waals surface area (Å²) in [6.45, 7) is 1.89. The van der Waals surface area contributed by atoms with Crippen molar-refractivity contribution in [2.75, 3.05) is 0 Å². The average molecular weight is 465 g/mol. The third-order valence-electron chi connectivity index (χ3n) is 4.15. The molecule has 1 atom stereocenters. The number of halogens is 3. The van der Waals surface area contributed by atoms with Crippen molar-refractivity contribution in [3.63, 3.8) is 0 Å². The van der Waals surface area contributed by atoms with Gasteiger partial charge in [0, 0.05) is 27.5 Å². The summed E-state index contributed by atoms with van der Waals surface area (Å²) < 4.78 is 8.45. The van der Waals surface area contributed by atoms with Crippen molar-refractivity contribution in [2.45, 2.75) is 13.0 Å². The van der Waals surface area contributed by atoms with Crippen LogP contribution < -0.4 is 0 Å². The van der Waals surface area contributed by atoms with Gasteiger partial charge >= 0.3 is 0 Å². The van der Waals surface area contributed by atoms with Gasteiger partial charge in [-0.15, -0.1) is 0 Å². The monoisotopic (exact) mass is 463 g/mol. The molecule has 3 aromatic rings. The van der Waals surface area contributed by atoms with Crippen molar-refractivity contribution < 1.29 is 9.53 Å². The van der Waals surface area contributed by atoms with Crippen LogP contribution in [0.4, 0.5) is 5.69 Å². The Morgan fingerprint density at radius 3 is 2.85 bits per heavy atom. The highest BCUT2D eigenvalue weighted by atomic mass is 79.9. The van der Waals surface area contributed by atoms with Gasteiger partial charge in [-0.05, 0) is 58.7 Å². The Morgan fingerprint density at radius 2 is 2.11 bits per heavy atom. The van der Waals surface area contributed by atoms with E-state index in [2.05, 4.69) is 25.9 Å². The number of fused-ring (bicyclic) bond motifs is 1. The number of hydrogen-bond donors (Lipinski definition) is 0. The number of aliphatic imine (C=N–C) groups is 1. The molecule has 1 unspecified atom stereocenters. The molecule has 0 saturated heterocycles. The average Bonchev–Trinajstić information content (AvgIpc) is 3.03. The number of ether oxygens (including phenoxy) is 1. The number of hydrogen-bond acceptors (Lipinski definition) is 4. The maximum atomic E-state index is 11.7.